The largest absolute Gasteiger partial charge is 0.496 e. The molecule has 0 radical (unpaired) electrons. The summed E-state index contributed by atoms with van der Waals surface area (Å²) in [6.07, 6.45) is 0. The molecule has 0 fully saturated rings. The van der Waals surface area contributed by atoms with Gasteiger partial charge in [0.1, 0.15) is 5.75 Å². The van der Waals surface area contributed by atoms with Crippen molar-refractivity contribution in [1.82, 2.24) is 10.2 Å². The minimum absolute atomic E-state index is 0.289. The minimum atomic E-state index is 0.289. The van der Waals surface area contributed by atoms with Crippen LogP contribution in [0.5, 0.6) is 5.75 Å². The van der Waals surface area contributed by atoms with Gasteiger partial charge in [0, 0.05) is 24.7 Å². The maximum Gasteiger partial charge on any atom is 0.123 e. The Morgan fingerprint density at radius 2 is 1.95 bits per heavy atom. The molecule has 3 nitrogen and oxygen atoms in total. The molecule has 1 unspecified atom stereocenters. The molecule has 1 atom stereocenters. The van der Waals surface area contributed by atoms with Crippen LogP contribution in [0.4, 0.5) is 0 Å². The van der Waals surface area contributed by atoms with Gasteiger partial charge in [-0.1, -0.05) is 45.4 Å². The monoisotopic (exact) mass is 292 g/mol. The van der Waals surface area contributed by atoms with Gasteiger partial charge in [-0.15, -0.1) is 0 Å². The highest BCUT2D eigenvalue weighted by atomic mass is 16.5. The molecule has 0 heterocycles. The lowest BCUT2D eigenvalue weighted by Crippen LogP contribution is -2.37. The number of hydrogen-bond donors (Lipinski definition) is 1. The molecular formula is C18H32N2O. The predicted octanol–water partition coefficient (Wildman–Crippen LogP) is 3.63. The van der Waals surface area contributed by atoms with Gasteiger partial charge in [0.05, 0.1) is 7.11 Å². The van der Waals surface area contributed by atoms with Gasteiger partial charge in [-0.3, -0.25) is 0 Å². The predicted molar refractivity (Wildman–Crippen MR) is 91.1 cm³/mol. The molecule has 0 spiro atoms. The van der Waals surface area contributed by atoms with Gasteiger partial charge in [0.15, 0.2) is 0 Å². The van der Waals surface area contributed by atoms with Crippen molar-refractivity contribution in [3.05, 3.63) is 29.3 Å². The fourth-order valence-electron chi connectivity index (χ4n) is 2.83. The first-order chi connectivity index (χ1) is 9.76. The molecule has 0 aliphatic heterocycles. The van der Waals surface area contributed by atoms with Crippen molar-refractivity contribution in [2.24, 2.45) is 5.41 Å². The Morgan fingerprint density at radius 1 is 1.29 bits per heavy atom. The normalized spacial score (nSPS) is 13.5. The van der Waals surface area contributed by atoms with E-state index in [1.807, 2.05) is 0 Å². The summed E-state index contributed by atoms with van der Waals surface area (Å²) in [4.78, 5) is 2.40. The summed E-state index contributed by atoms with van der Waals surface area (Å²) >= 11 is 0. The van der Waals surface area contributed by atoms with Crippen LogP contribution in [0.3, 0.4) is 0 Å². The molecule has 0 saturated heterocycles. The zero-order valence-corrected chi connectivity index (χ0v) is 14.8. The van der Waals surface area contributed by atoms with E-state index in [1.54, 1.807) is 7.11 Å². The maximum atomic E-state index is 5.55. The van der Waals surface area contributed by atoms with E-state index in [4.69, 9.17) is 4.74 Å². The number of aryl methyl sites for hydroxylation is 1. The van der Waals surface area contributed by atoms with Crippen molar-refractivity contribution < 1.29 is 4.74 Å². The lowest BCUT2D eigenvalue weighted by Gasteiger charge is -2.31. The number of ether oxygens (including phenoxy) is 1. The van der Waals surface area contributed by atoms with E-state index >= 15 is 0 Å². The number of nitrogens with zero attached hydrogens (tertiary/aromatic N) is 1. The average molecular weight is 292 g/mol. The molecule has 0 aromatic heterocycles. The van der Waals surface area contributed by atoms with Gasteiger partial charge in [0.2, 0.25) is 0 Å². The average Bonchev–Trinajstić information content (AvgIpc) is 2.36. The third-order valence-corrected chi connectivity index (χ3v) is 3.45. The lowest BCUT2D eigenvalue weighted by molar-refractivity contribution is 0.207. The smallest absolute Gasteiger partial charge is 0.123 e. The maximum absolute atomic E-state index is 5.55. The molecule has 0 aliphatic rings. The van der Waals surface area contributed by atoms with Crippen LogP contribution in [0.15, 0.2) is 18.2 Å². The summed E-state index contributed by atoms with van der Waals surface area (Å²) in [5.74, 6) is 0.968. The van der Waals surface area contributed by atoms with Crippen molar-refractivity contribution in [3.63, 3.8) is 0 Å². The van der Waals surface area contributed by atoms with Crippen molar-refractivity contribution >= 4 is 0 Å². The van der Waals surface area contributed by atoms with Crippen molar-refractivity contribution in [2.45, 2.75) is 40.7 Å². The lowest BCUT2D eigenvalue weighted by atomic mass is 9.95. The number of rotatable bonds is 7. The summed E-state index contributed by atoms with van der Waals surface area (Å²) in [7, 11) is 3.94. The molecule has 3 heteroatoms. The molecule has 0 aliphatic carbocycles. The van der Waals surface area contributed by atoms with E-state index in [2.05, 4.69) is 70.1 Å². The Bertz CT molecular complexity index is 437. The molecule has 0 amide bonds. The summed E-state index contributed by atoms with van der Waals surface area (Å²) in [6.45, 7) is 14.1. The quantitative estimate of drug-likeness (QED) is 0.830. The fraction of sp³-hybridized carbons (Fsp3) is 0.667. The highest BCUT2D eigenvalue weighted by Gasteiger charge is 2.20. The summed E-state index contributed by atoms with van der Waals surface area (Å²) < 4.78 is 5.55. The third kappa shape index (κ3) is 6.06. The van der Waals surface area contributed by atoms with Gasteiger partial charge in [0.25, 0.3) is 0 Å². The number of hydrogen-bond acceptors (Lipinski definition) is 3. The molecule has 0 saturated carbocycles. The number of nitrogens with one attached hydrogen (secondary N) is 1. The fourth-order valence-corrected chi connectivity index (χ4v) is 2.83. The molecule has 1 aromatic rings. The summed E-state index contributed by atoms with van der Waals surface area (Å²) in [6, 6.07) is 6.69. The van der Waals surface area contributed by atoms with E-state index in [9.17, 15) is 0 Å². The van der Waals surface area contributed by atoms with Crippen LogP contribution >= 0.6 is 0 Å². The van der Waals surface area contributed by atoms with E-state index in [1.165, 1.54) is 11.1 Å². The first-order valence-corrected chi connectivity index (χ1v) is 7.83. The Hall–Kier alpha value is -1.06. The standard InChI is InChI=1S/C18H32N2O/c1-8-19-16(12-20(6)13-18(3,4)5)15-11-14(2)9-10-17(15)21-7/h9-11,16,19H,8,12-13H2,1-7H3. The Kier molecular flexibility index (Phi) is 6.69. The molecule has 120 valence electrons. The van der Waals surface area contributed by atoms with Crippen molar-refractivity contribution in [2.75, 3.05) is 33.8 Å². The second-order valence-electron chi connectivity index (χ2n) is 7.11. The van der Waals surface area contributed by atoms with Crippen LogP contribution in [0, 0.1) is 12.3 Å². The van der Waals surface area contributed by atoms with Crippen LogP contribution in [0.25, 0.3) is 0 Å². The van der Waals surface area contributed by atoms with Crippen LogP contribution < -0.4 is 10.1 Å². The molecule has 1 N–H and O–H groups in total. The number of likely N-dealkylation sites (N-methyl/N-ethyl adjacent to an activating group) is 2. The first-order valence-electron chi connectivity index (χ1n) is 7.83. The van der Waals surface area contributed by atoms with E-state index in [-0.39, 0.29) is 6.04 Å². The zero-order chi connectivity index (χ0) is 16.0. The highest BCUT2D eigenvalue weighted by Crippen LogP contribution is 2.27. The van der Waals surface area contributed by atoms with E-state index in [0.717, 1.165) is 25.4 Å². The second-order valence-corrected chi connectivity index (χ2v) is 7.11. The van der Waals surface area contributed by atoms with Crippen LogP contribution in [0.1, 0.15) is 44.9 Å². The molecule has 21 heavy (non-hydrogen) atoms. The van der Waals surface area contributed by atoms with Crippen LogP contribution in [-0.2, 0) is 0 Å². The Morgan fingerprint density at radius 3 is 2.48 bits per heavy atom. The Balaban J connectivity index is 2.93. The Labute approximate surface area is 130 Å². The van der Waals surface area contributed by atoms with Gasteiger partial charge < -0.3 is 15.0 Å². The van der Waals surface area contributed by atoms with Gasteiger partial charge in [-0.2, -0.15) is 0 Å². The first kappa shape index (κ1) is 18.0. The topological polar surface area (TPSA) is 24.5 Å². The zero-order valence-electron chi connectivity index (χ0n) is 14.8. The second kappa shape index (κ2) is 7.81. The molecule has 1 aromatic carbocycles. The van der Waals surface area contributed by atoms with Gasteiger partial charge in [-0.25, -0.2) is 0 Å². The molecule has 0 bridgehead atoms. The van der Waals surface area contributed by atoms with Gasteiger partial charge >= 0.3 is 0 Å². The van der Waals surface area contributed by atoms with E-state index < -0.39 is 0 Å². The molecule has 1 rings (SSSR count). The van der Waals surface area contributed by atoms with Crippen LogP contribution in [-0.4, -0.2) is 38.7 Å². The summed E-state index contributed by atoms with van der Waals surface area (Å²) in [5, 5.41) is 3.60. The van der Waals surface area contributed by atoms with E-state index in [0.29, 0.717) is 5.41 Å². The molecular weight excluding hydrogens is 260 g/mol. The SMILES string of the molecule is CCNC(CN(C)CC(C)(C)C)c1cc(C)ccc1OC. The van der Waals surface area contributed by atoms with Crippen molar-refractivity contribution in [1.29, 1.82) is 0 Å². The van der Waals surface area contributed by atoms with Crippen LogP contribution in [0.2, 0.25) is 0 Å². The number of methoxy groups -OCH3 is 1. The minimum Gasteiger partial charge on any atom is -0.496 e. The van der Waals surface area contributed by atoms with Crippen molar-refractivity contribution in [3.8, 4) is 5.75 Å². The number of benzene rings is 1. The third-order valence-electron chi connectivity index (χ3n) is 3.45. The highest BCUT2D eigenvalue weighted by molar-refractivity contribution is 5.39. The van der Waals surface area contributed by atoms with Gasteiger partial charge in [-0.05, 0) is 32.0 Å². The summed E-state index contributed by atoms with van der Waals surface area (Å²) in [5.41, 5.74) is 2.83.